The second-order valence-electron chi connectivity index (χ2n) is 6.13. The van der Waals surface area contributed by atoms with Crippen molar-refractivity contribution < 1.29 is 14.3 Å². The average molecular weight is 310 g/mol. The number of amides is 1. The molecule has 1 fully saturated rings. The summed E-state index contributed by atoms with van der Waals surface area (Å²) < 4.78 is 12.0. The standard InChI is InChI=1S/C18H18N2O3/c1-12-4-5-13(11-19-12)17(21)20-14-6-7-15-16(10-14)23-18(22-15)8-2-3-9-18/h4-7,10-11H,2-3,8-9H2,1H3,(H,20,21). The van der Waals surface area contributed by atoms with E-state index in [2.05, 4.69) is 10.3 Å². The SMILES string of the molecule is Cc1ccc(C(=O)Nc2ccc3c(c2)OC2(CCCC2)O3)cn1. The van der Waals surface area contributed by atoms with E-state index >= 15 is 0 Å². The summed E-state index contributed by atoms with van der Waals surface area (Å²) in [6.07, 6.45) is 5.65. The number of aromatic nitrogens is 1. The number of benzene rings is 1. The number of hydrogen-bond donors (Lipinski definition) is 1. The largest absolute Gasteiger partial charge is 0.448 e. The molecule has 2 heterocycles. The van der Waals surface area contributed by atoms with E-state index in [9.17, 15) is 4.79 Å². The minimum Gasteiger partial charge on any atom is -0.448 e. The van der Waals surface area contributed by atoms with Crippen LogP contribution in [0.25, 0.3) is 0 Å². The predicted octanol–water partition coefficient (Wildman–Crippen LogP) is 3.68. The fourth-order valence-electron chi connectivity index (χ4n) is 3.09. The summed E-state index contributed by atoms with van der Waals surface area (Å²) in [5, 5.41) is 2.87. The summed E-state index contributed by atoms with van der Waals surface area (Å²) in [6, 6.07) is 9.08. The second kappa shape index (κ2) is 5.26. The van der Waals surface area contributed by atoms with Crippen LogP contribution in [-0.2, 0) is 0 Å². The minimum atomic E-state index is -0.480. The summed E-state index contributed by atoms with van der Waals surface area (Å²) in [5.74, 6) is 0.784. The van der Waals surface area contributed by atoms with Crippen molar-refractivity contribution in [3.63, 3.8) is 0 Å². The van der Waals surface area contributed by atoms with Gasteiger partial charge in [0, 0.05) is 36.5 Å². The van der Waals surface area contributed by atoms with Gasteiger partial charge in [0.25, 0.3) is 11.7 Å². The first-order chi connectivity index (χ1) is 11.1. The Balaban J connectivity index is 1.51. The fourth-order valence-corrected chi connectivity index (χ4v) is 3.09. The van der Waals surface area contributed by atoms with Crippen LogP contribution in [0.4, 0.5) is 5.69 Å². The summed E-state index contributed by atoms with van der Waals surface area (Å²) in [5.41, 5.74) is 2.10. The highest BCUT2D eigenvalue weighted by Gasteiger charge is 2.44. The first-order valence-electron chi connectivity index (χ1n) is 7.90. The number of carbonyl (C=O) groups is 1. The maximum atomic E-state index is 12.3. The van der Waals surface area contributed by atoms with Crippen molar-refractivity contribution in [3.8, 4) is 11.5 Å². The summed E-state index contributed by atoms with van der Waals surface area (Å²) in [7, 11) is 0. The van der Waals surface area contributed by atoms with Gasteiger partial charge < -0.3 is 14.8 Å². The molecule has 0 bridgehead atoms. The molecule has 1 saturated carbocycles. The van der Waals surface area contributed by atoms with Gasteiger partial charge in [-0.3, -0.25) is 9.78 Å². The van der Waals surface area contributed by atoms with E-state index in [-0.39, 0.29) is 5.91 Å². The van der Waals surface area contributed by atoms with Crippen molar-refractivity contribution in [2.45, 2.75) is 38.4 Å². The Kier molecular flexibility index (Phi) is 3.22. The third-order valence-corrected chi connectivity index (χ3v) is 4.33. The molecular formula is C18H18N2O3. The molecular weight excluding hydrogens is 292 g/mol. The number of hydrogen-bond acceptors (Lipinski definition) is 4. The Hall–Kier alpha value is -2.56. The smallest absolute Gasteiger partial charge is 0.257 e. The zero-order chi connectivity index (χ0) is 15.9. The van der Waals surface area contributed by atoms with Gasteiger partial charge >= 0.3 is 0 Å². The van der Waals surface area contributed by atoms with E-state index in [4.69, 9.17) is 9.47 Å². The van der Waals surface area contributed by atoms with Crippen LogP contribution in [-0.4, -0.2) is 16.7 Å². The van der Waals surface area contributed by atoms with Crippen LogP contribution in [0.5, 0.6) is 11.5 Å². The molecule has 0 saturated heterocycles. The number of fused-ring (bicyclic) bond motifs is 1. The van der Waals surface area contributed by atoms with Gasteiger partial charge in [-0.15, -0.1) is 0 Å². The fraction of sp³-hybridized carbons (Fsp3) is 0.333. The lowest BCUT2D eigenvalue weighted by Crippen LogP contribution is -2.34. The van der Waals surface area contributed by atoms with Crippen LogP contribution in [0.2, 0.25) is 0 Å². The second-order valence-corrected chi connectivity index (χ2v) is 6.13. The molecule has 1 amide bonds. The highest BCUT2D eigenvalue weighted by Crippen LogP contribution is 2.47. The first kappa shape index (κ1) is 14.1. The van der Waals surface area contributed by atoms with Crippen molar-refractivity contribution in [2.75, 3.05) is 5.32 Å². The predicted molar refractivity (Wildman–Crippen MR) is 85.8 cm³/mol. The van der Waals surface area contributed by atoms with E-state index in [0.29, 0.717) is 17.0 Å². The Labute approximate surface area is 134 Å². The lowest BCUT2D eigenvalue weighted by Gasteiger charge is -2.21. The molecule has 0 atom stereocenters. The monoisotopic (exact) mass is 310 g/mol. The molecule has 1 aliphatic heterocycles. The quantitative estimate of drug-likeness (QED) is 0.919. The molecule has 5 nitrogen and oxygen atoms in total. The third-order valence-electron chi connectivity index (χ3n) is 4.33. The van der Waals surface area contributed by atoms with Gasteiger partial charge in [0.05, 0.1) is 5.56 Å². The van der Waals surface area contributed by atoms with Crippen molar-refractivity contribution in [2.24, 2.45) is 0 Å². The van der Waals surface area contributed by atoms with Crippen LogP contribution in [0.1, 0.15) is 41.7 Å². The normalized spacial score (nSPS) is 17.4. The molecule has 118 valence electrons. The summed E-state index contributed by atoms with van der Waals surface area (Å²) in [6.45, 7) is 1.89. The first-order valence-corrected chi connectivity index (χ1v) is 7.90. The number of carbonyl (C=O) groups excluding carboxylic acids is 1. The van der Waals surface area contributed by atoms with Crippen LogP contribution >= 0.6 is 0 Å². The molecule has 2 aliphatic rings. The molecule has 1 aliphatic carbocycles. The highest BCUT2D eigenvalue weighted by molar-refractivity contribution is 6.04. The van der Waals surface area contributed by atoms with Gasteiger partial charge in [-0.2, -0.15) is 0 Å². The number of pyridine rings is 1. The van der Waals surface area contributed by atoms with E-state index < -0.39 is 5.79 Å². The Morgan fingerprint density at radius 2 is 1.91 bits per heavy atom. The van der Waals surface area contributed by atoms with Crippen molar-refractivity contribution >= 4 is 11.6 Å². The van der Waals surface area contributed by atoms with E-state index in [1.165, 1.54) is 0 Å². The maximum Gasteiger partial charge on any atom is 0.257 e. The summed E-state index contributed by atoms with van der Waals surface area (Å²) in [4.78, 5) is 16.4. The van der Waals surface area contributed by atoms with E-state index in [1.54, 1.807) is 12.3 Å². The molecule has 5 heteroatoms. The van der Waals surface area contributed by atoms with Crippen molar-refractivity contribution in [1.29, 1.82) is 0 Å². The number of rotatable bonds is 2. The van der Waals surface area contributed by atoms with Gasteiger partial charge in [0.2, 0.25) is 0 Å². The van der Waals surface area contributed by atoms with Crippen molar-refractivity contribution in [3.05, 3.63) is 47.8 Å². The molecule has 1 spiro atoms. The minimum absolute atomic E-state index is 0.188. The number of anilines is 1. The van der Waals surface area contributed by atoms with Gasteiger partial charge in [0.1, 0.15) is 0 Å². The van der Waals surface area contributed by atoms with Gasteiger partial charge in [0.15, 0.2) is 11.5 Å². The zero-order valence-electron chi connectivity index (χ0n) is 13.0. The number of nitrogens with one attached hydrogen (secondary N) is 1. The van der Waals surface area contributed by atoms with E-state index in [0.717, 1.165) is 37.1 Å². The van der Waals surface area contributed by atoms with Crippen LogP contribution in [0, 0.1) is 6.92 Å². The number of nitrogens with zero attached hydrogens (tertiary/aromatic N) is 1. The third kappa shape index (κ3) is 2.63. The maximum absolute atomic E-state index is 12.3. The molecule has 0 unspecified atom stereocenters. The molecule has 2 aromatic rings. The molecule has 1 aromatic heterocycles. The Morgan fingerprint density at radius 1 is 1.13 bits per heavy atom. The van der Waals surface area contributed by atoms with Gasteiger partial charge in [-0.05, 0) is 44.0 Å². The van der Waals surface area contributed by atoms with Crippen LogP contribution in [0.15, 0.2) is 36.5 Å². The molecule has 0 radical (unpaired) electrons. The van der Waals surface area contributed by atoms with Gasteiger partial charge in [-0.25, -0.2) is 0 Å². The molecule has 23 heavy (non-hydrogen) atoms. The molecule has 4 rings (SSSR count). The number of aryl methyl sites for hydroxylation is 1. The number of ether oxygens (including phenoxy) is 2. The molecule has 1 aromatic carbocycles. The Bertz CT molecular complexity index is 749. The van der Waals surface area contributed by atoms with Crippen LogP contribution in [0.3, 0.4) is 0 Å². The zero-order valence-corrected chi connectivity index (χ0v) is 13.0. The van der Waals surface area contributed by atoms with E-state index in [1.807, 2.05) is 31.2 Å². The van der Waals surface area contributed by atoms with Crippen LogP contribution < -0.4 is 14.8 Å². The summed E-state index contributed by atoms with van der Waals surface area (Å²) >= 11 is 0. The Morgan fingerprint density at radius 3 is 2.65 bits per heavy atom. The molecule has 1 N–H and O–H groups in total. The topological polar surface area (TPSA) is 60.5 Å². The average Bonchev–Trinajstić information content (AvgIpc) is 3.14. The lowest BCUT2D eigenvalue weighted by molar-refractivity contribution is -0.0716. The highest BCUT2D eigenvalue weighted by atomic mass is 16.7. The lowest BCUT2D eigenvalue weighted by atomic mass is 10.2. The van der Waals surface area contributed by atoms with Crippen molar-refractivity contribution in [1.82, 2.24) is 4.98 Å². The van der Waals surface area contributed by atoms with Gasteiger partial charge in [-0.1, -0.05) is 0 Å².